The Morgan fingerprint density at radius 3 is 2.42 bits per heavy atom. The zero-order chi connectivity index (χ0) is 23.7. The Kier molecular flexibility index (Phi) is 4.99. The van der Waals surface area contributed by atoms with Crippen LogP contribution in [0.3, 0.4) is 0 Å². The standard InChI is InChI=1S/C26H30N2O4S/c1-6-20-22-19(15-28(20)33(30,31)17-13-11-16(2)12-14-17)26(3,4)32-24-18-9-7-8-10-21(18)27(5)25(29)23(22)24/h7-14,19-20,22H,6,15H2,1-5H3/t19-,20-,22+/m0/s1. The van der Waals surface area contributed by atoms with E-state index in [1.807, 2.05) is 64.1 Å². The number of aryl methyl sites for hydroxylation is 2. The maximum atomic E-state index is 13.7. The van der Waals surface area contributed by atoms with Gasteiger partial charge in [0.05, 0.1) is 16.0 Å². The second-order valence-corrected chi connectivity index (χ2v) is 11.7. The topological polar surface area (TPSA) is 68.6 Å². The summed E-state index contributed by atoms with van der Waals surface area (Å²) in [7, 11) is -1.95. The van der Waals surface area contributed by atoms with Crippen LogP contribution in [0.4, 0.5) is 0 Å². The number of pyridine rings is 1. The molecule has 1 saturated heterocycles. The van der Waals surface area contributed by atoms with Gasteiger partial charge in [0.25, 0.3) is 5.56 Å². The first kappa shape index (κ1) is 22.2. The van der Waals surface area contributed by atoms with Gasteiger partial charge in [-0.25, -0.2) is 8.42 Å². The van der Waals surface area contributed by atoms with Crippen molar-refractivity contribution in [1.82, 2.24) is 8.87 Å². The highest BCUT2D eigenvalue weighted by atomic mass is 32.2. The highest BCUT2D eigenvalue weighted by Gasteiger charge is 2.57. The molecule has 33 heavy (non-hydrogen) atoms. The first-order chi connectivity index (χ1) is 15.6. The van der Waals surface area contributed by atoms with E-state index >= 15 is 0 Å². The Morgan fingerprint density at radius 1 is 1.09 bits per heavy atom. The summed E-state index contributed by atoms with van der Waals surface area (Å²) in [6.45, 7) is 8.27. The first-order valence-electron chi connectivity index (χ1n) is 11.5. The van der Waals surface area contributed by atoms with E-state index in [0.717, 1.165) is 16.5 Å². The summed E-state index contributed by atoms with van der Waals surface area (Å²) >= 11 is 0. The lowest BCUT2D eigenvalue weighted by molar-refractivity contribution is 0.0245. The molecule has 2 aromatic carbocycles. The van der Waals surface area contributed by atoms with E-state index in [0.29, 0.717) is 24.3 Å². The van der Waals surface area contributed by atoms with E-state index in [1.165, 1.54) is 0 Å². The van der Waals surface area contributed by atoms with E-state index in [-0.39, 0.29) is 28.3 Å². The minimum Gasteiger partial charge on any atom is -0.486 e. The zero-order valence-corrected chi connectivity index (χ0v) is 20.5. The fourth-order valence-corrected chi connectivity index (χ4v) is 7.49. The van der Waals surface area contributed by atoms with E-state index < -0.39 is 15.6 Å². The number of ether oxygens (including phenoxy) is 1. The molecule has 174 valence electrons. The van der Waals surface area contributed by atoms with Gasteiger partial charge in [-0.1, -0.05) is 36.8 Å². The zero-order valence-electron chi connectivity index (χ0n) is 19.7. The Bertz CT molecular complexity index is 1410. The Labute approximate surface area is 194 Å². The van der Waals surface area contributed by atoms with Gasteiger partial charge in [0.2, 0.25) is 10.0 Å². The van der Waals surface area contributed by atoms with Gasteiger partial charge in [-0.05, 0) is 51.5 Å². The van der Waals surface area contributed by atoms with Gasteiger partial charge in [0.15, 0.2) is 0 Å². The second kappa shape index (κ2) is 7.43. The maximum Gasteiger partial charge on any atom is 0.258 e. The molecule has 0 saturated carbocycles. The molecule has 3 aromatic rings. The van der Waals surface area contributed by atoms with Gasteiger partial charge < -0.3 is 9.30 Å². The molecule has 3 heterocycles. The molecule has 0 spiro atoms. The molecule has 5 rings (SSSR count). The molecule has 1 fully saturated rings. The van der Waals surface area contributed by atoms with Crippen molar-refractivity contribution >= 4 is 20.9 Å². The number of sulfonamides is 1. The Balaban J connectivity index is 1.73. The van der Waals surface area contributed by atoms with Gasteiger partial charge in [-0.3, -0.25) is 4.79 Å². The summed E-state index contributed by atoms with van der Waals surface area (Å²) in [6, 6.07) is 14.4. The van der Waals surface area contributed by atoms with E-state index in [2.05, 4.69) is 0 Å². The predicted molar refractivity (Wildman–Crippen MR) is 129 cm³/mol. The molecule has 0 radical (unpaired) electrons. The molecule has 0 bridgehead atoms. The summed E-state index contributed by atoms with van der Waals surface area (Å²) in [5.41, 5.74) is 1.69. The van der Waals surface area contributed by atoms with Crippen LogP contribution in [0.25, 0.3) is 10.9 Å². The van der Waals surface area contributed by atoms with E-state index in [1.54, 1.807) is 28.1 Å². The molecular weight excluding hydrogens is 436 g/mol. The van der Waals surface area contributed by atoms with Crippen LogP contribution >= 0.6 is 0 Å². The average molecular weight is 467 g/mol. The fourth-order valence-electron chi connectivity index (χ4n) is 5.75. The van der Waals surface area contributed by atoms with E-state index in [9.17, 15) is 13.2 Å². The third-order valence-corrected chi connectivity index (χ3v) is 9.43. The minimum absolute atomic E-state index is 0.109. The van der Waals surface area contributed by atoms with Crippen LogP contribution in [0.2, 0.25) is 0 Å². The van der Waals surface area contributed by atoms with Crippen molar-refractivity contribution in [3.8, 4) is 5.75 Å². The van der Waals surface area contributed by atoms with Crippen LogP contribution in [-0.4, -0.2) is 35.5 Å². The normalized spacial score (nSPS) is 24.3. The van der Waals surface area contributed by atoms with Crippen molar-refractivity contribution in [1.29, 1.82) is 0 Å². The number of nitrogens with zero attached hydrogens (tertiary/aromatic N) is 2. The van der Waals surface area contributed by atoms with Crippen LogP contribution in [0.15, 0.2) is 58.2 Å². The monoisotopic (exact) mass is 466 g/mol. The lowest BCUT2D eigenvalue weighted by Crippen LogP contribution is -2.47. The van der Waals surface area contributed by atoms with Gasteiger partial charge in [-0.15, -0.1) is 0 Å². The number of benzene rings is 2. The molecule has 0 unspecified atom stereocenters. The number of hydrogen-bond acceptors (Lipinski definition) is 4. The van der Waals surface area contributed by atoms with Crippen LogP contribution < -0.4 is 10.3 Å². The van der Waals surface area contributed by atoms with Gasteiger partial charge in [0.1, 0.15) is 11.4 Å². The quantitative estimate of drug-likeness (QED) is 0.580. The predicted octanol–water partition coefficient (Wildman–Crippen LogP) is 4.20. The number of rotatable bonds is 3. The van der Waals surface area contributed by atoms with Crippen LogP contribution in [0.5, 0.6) is 5.75 Å². The van der Waals surface area contributed by atoms with Gasteiger partial charge in [0, 0.05) is 36.9 Å². The summed E-state index contributed by atoms with van der Waals surface area (Å²) in [6.07, 6.45) is 0.609. The third-order valence-electron chi connectivity index (χ3n) is 7.52. The van der Waals surface area contributed by atoms with Crippen LogP contribution in [0.1, 0.15) is 44.2 Å². The Morgan fingerprint density at radius 2 is 1.76 bits per heavy atom. The summed E-state index contributed by atoms with van der Waals surface area (Å²) in [5.74, 6) is 0.231. The molecule has 3 atom stereocenters. The molecule has 2 aliphatic heterocycles. The smallest absolute Gasteiger partial charge is 0.258 e. The van der Waals surface area contributed by atoms with Crippen molar-refractivity contribution in [3.63, 3.8) is 0 Å². The largest absolute Gasteiger partial charge is 0.486 e. The number of para-hydroxylation sites is 1. The van der Waals surface area contributed by atoms with Crippen LogP contribution in [-0.2, 0) is 17.1 Å². The highest BCUT2D eigenvalue weighted by Crippen LogP contribution is 2.53. The molecule has 7 heteroatoms. The summed E-state index contributed by atoms with van der Waals surface area (Å²) in [4.78, 5) is 13.9. The fraction of sp³-hybridized carbons (Fsp3) is 0.423. The minimum atomic E-state index is -3.72. The van der Waals surface area contributed by atoms with Gasteiger partial charge >= 0.3 is 0 Å². The van der Waals surface area contributed by atoms with E-state index in [4.69, 9.17) is 4.74 Å². The molecule has 1 aromatic heterocycles. The molecule has 0 N–H and O–H groups in total. The van der Waals surface area contributed by atoms with Crippen molar-refractivity contribution in [2.45, 2.75) is 56.6 Å². The number of hydrogen-bond donors (Lipinski definition) is 0. The Hall–Kier alpha value is -2.64. The number of fused-ring (bicyclic) bond motifs is 5. The average Bonchev–Trinajstić information content (AvgIpc) is 3.19. The lowest BCUT2D eigenvalue weighted by atomic mass is 9.73. The van der Waals surface area contributed by atoms with Crippen molar-refractivity contribution in [2.24, 2.45) is 13.0 Å². The molecule has 0 amide bonds. The molecule has 0 aliphatic carbocycles. The first-order valence-corrected chi connectivity index (χ1v) is 12.9. The summed E-state index contributed by atoms with van der Waals surface area (Å²) in [5, 5.41) is 0.885. The number of aromatic nitrogens is 1. The van der Waals surface area contributed by atoms with Crippen LogP contribution in [0, 0.1) is 12.8 Å². The molecular formula is C26H30N2O4S. The maximum absolute atomic E-state index is 13.7. The summed E-state index contributed by atoms with van der Waals surface area (Å²) < 4.78 is 37.3. The second-order valence-electron chi connectivity index (χ2n) is 9.83. The SMILES string of the molecule is CC[C@H]1[C@@H]2c3c(c4ccccc4n(C)c3=O)OC(C)(C)[C@H]2CN1S(=O)(=O)c1ccc(C)cc1. The van der Waals surface area contributed by atoms with Crippen molar-refractivity contribution in [3.05, 3.63) is 70.0 Å². The van der Waals surface area contributed by atoms with Crippen molar-refractivity contribution in [2.75, 3.05) is 6.54 Å². The van der Waals surface area contributed by atoms with Gasteiger partial charge in [-0.2, -0.15) is 4.31 Å². The molecule has 2 aliphatic rings. The molecule has 6 nitrogen and oxygen atoms in total. The third kappa shape index (κ3) is 3.16. The highest BCUT2D eigenvalue weighted by molar-refractivity contribution is 7.89. The lowest BCUT2D eigenvalue weighted by Gasteiger charge is -2.42. The van der Waals surface area contributed by atoms with Crippen molar-refractivity contribution < 1.29 is 13.2 Å².